The first kappa shape index (κ1) is 20.1. The molecule has 3 heterocycles. The number of hydrogen-bond acceptors (Lipinski definition) is 2. The summed E-state index contributed by atoms with van der Waals surface area (Å²) in [6.07, 6.45) is 0. The molecule has 0 amide bonds. The second kappa shape index (κ2) is 6.96. The number of furan rings is 1. The van der Waals surface area contributed by atoms with Crippen LogP contribution in [0.15, 0.2) is 120 Å². The molecule has 0 N–H and O–H groups in total. The summed E-state index contributed by atoms with van der Waals surface area (Å²) >= 11 is 1.87. The van der Waals surface area contributed by atoms with Gasteiger partial charge in [0, 0.05) is 47.4 Å². The maximum atomic E-state index is 6.49. The van der Waals surface area contributed by atoms with Crippen LogP contribution in [0.2, 0.25) is 0 Å². The maximum absolute atomic E-state index is 6.49. The van der Waals surface area contributed by atoms with E-state index in [0.29, 0.717) is 0 Å². The van der Waals surface area contributed by atoms with E-state index in [-0.39, 0.29) is 0 Å². The second-order valence-corrected chi connectivity index (χ2v) is 11.6. The van der Waals surface area contributed by atoms with E-state index in [0.717, 1.165) is 11.2 Å². The Balaban J connectivity index is 1.48. The molecule has 10 aromatic rings. The smallest absolute Gasteiger partial charge is 0.136 e. The second-order valence-electron chi connectivity index (χ2n) is 10.5. The molecule has 0 radical (unpaired) electrons. The van der Waals surface area contributed by atoms with Gasteiger partial charge >= 0.3 is 0 Å². The Morgan fingerprint density at radius 3 is 1.97 bits per heavy atom. The lowest BCUT2D eigenvalue weighted by atomic mass is 9.95. The summed E-state index contributed by atoms with van der Waals surface area (Å²) in [5, 5.41) is 12.7. The summed E-state index contributed by atoms with van der Waals surface area (Å²) in [7, 11) is 0. The molecule has 0 saturated carbocycles. The van der Waals surface area contributed by atoms with E-state index in [1.807, 2.05) is 11.3 Å². The first-order valence-electron chi connectivity index (χ1n) is 13.3. The van der Waals surface area contributed by atoms with Crippen LogP contribution in [-0.4, -0.2) is 4.57 Å². The van der Waals surface area contributed by atoms with Gasteiger partial charge in [-0.1, -0.05) is 72.8 Å². The predicted octanol–water partition coefficient (Wildman–Crippen LogP) is 10.8. The molecule has 0 aliphatic heterocycles. The van der Waals surface area contributed by atoms with Crippen molar-refractivity contribution in [3.63, 3.8) is 0 Å². The normalized spacial score (nSPS) is 12.6. The van der Waals surface area contributed by atoms with Crippen LogP contribution in [0.1, 0.15) is 0 Å². The first-order chi connectivity index (χ1) is 19.3. The summed E-state index contributed by atoms with van der Waals surface area (Å²) in [6, 6.07) is 42.1. The zero-order valence-corrected chi connectivity index (χ0v) is 21.5. The zero-order chi connectivity index (χ0) is 25.2. The van der Waals surface area contributed by atoms with E-state index in [4.69, 9.17) is 4.42 Å². The van der Waals surface area contributed by atoms with Crippen LogP contribution in [0.5, 0.6) is 0 Å². The van der Waals surface area contributed by atoms with Crippen molar-refractivity contribution in [2.24, 2.45) is 0 Å². The fourth-order valence-electron chi connectivity index (χ4n) is 6.99. The fraction of sp³-hybridized carbons (Fsp3) is 0. The Kier molecular flexibility index (Phi) is 3.59. The third-order valence-electron chi connectivity index (χ3n) is 8.54. The number of thiophene rings is 1. The van der Waals surface area contributed by atoms with Gasteiger partial charge in [0.05, 0.1) is 11.0 Å². The number of rotatable bonds is 1. The Hall–Kier alpha value is -4.86. The molecule has 3 heteroatoms. The van der Waals surface area contributed by atoms with Crippen LogP contribution in [0.4, 0.5) is 0 Å². The van der Waals surface area contributed by atoms with Crippen molar-refractivity contribution in [2.45, 2.75) is 0 Å². The molecular weight excluding hydrogens is 494 g/mol. The van der Waals surface area contributed by atoms with Gasteiger partial charge in [-0.25, -0.2) is 0 Å². The minimum absolute atomic E-state index is 0.941. The molecule has 0 fully saturated rings. The fourth-order valence-corrected chi connectivity index (χ4v) is 8.13. The van der Waals surface area contributed by atoms with Crippen molar-refractivity contribution >= 4 is 96.8 Å². The Morgan fingerprint density at radius 2 is 1.10 bits per heavy atom. The molecule has 0 bridgehead atoms. The van der Waals surface area contributed by atoms with Crippen molar-refractivity contribution in [1.82, 2.24) is 4.57 Å². The summed E-state index contributed by atoms with van der Waals surface area (Å²) < 4.78 is 11.6. The van der Waals surface area contributed by atoms with Gasteiger partial charge in [0.15, 0.2) is 0 Å². The van der Waals surface area contributed by atoms with Crippen molar-refractivity contribution in [1.29, 1.82) is 0 Å². The van der Waals surface area contributed by atoms with Gasteiger partial charge in [-0.05, 0) is 64.0 Å². The van der Waals surface area contributed by atoms with Gasteiger partial charge < -0.3 is 8.98 Å². The van der Waals surface area contributed by atoms with Gasteiger partial charge in [-0.2, -0.15) is 0 Å². The summed E-state index contributed by atoms with van der Waals surface area (Å²) in [5.41, 5.74) is 5.50. The molecule has 39 heavy (non-hydrogen) atoms. The lowest BCUT2D eigenvalue weighted by Gasteiger charge is -2.08. The highest BCUT2D eigenvalue weighted by atomic mass is 32.1. The monoisotopic (exact) mass is 513 g/mol. The Bertz CT molecular complexity index is 2610. The minimum Gasteiger partial charge on any atom is -0.456 e. The van der Waals surface area contributed by atoms with Crippen LogP contribution in [0.25, 0.3) is 91.1 Å². The van der Waals surface area contributed by atoms with E-state index < -0.39 is 0 Å². The maximum Gasteiger partial charge on any atom is 0.136 e. The molecule has 0 aliphatic carbocycles. The molecule has 3 aromatic heterocycles. The van der Waals surface area contributed by atoms with Crippen molar-refractivity contribution in [3.8, 4) is 5.69 Å². The van der Waals surface area contributed by atoms with E-state index in [9.17, 15) is 0 Å². The van der Waals surface area contributed by atoms with Crippen LogP contribution in [-0.2, 0) is 0 Å². The Morgan fingerprint density at radius 1 is 0.436 bits per heavy atom. The standard InChI is InChI=1S/C36H19NOS/c1-2-8-22-21(7-1)25-10-5-12-27-33(25)35-28(17-18-30-36(35)34-26(22)11-6-13-29(34)38-30)37(27)20-15-16-24-23-9-3-4-14-31(23)39-32(24)19-20/h1-19H. The third-order valence-corrected chi connectivity index (χ3v) is 9.68. The number of benzene rings is 6. The van der Waals surface area contributed by atoms with Crippen LogP contribution >= 0.6 is 11.3 Å². The average molecular weight is 514 g/mol. The van der Waals surface area contributed by atoms with Gasteiger partial charge in [0.2, 0.25) is 0 Å². The zero-order valence-electron chi connectivity index (χ0n) is 20.7. The van der Waals surface area contributed by atoms with Gasteiger partial charge in [0.1, 0.15) is 11.2 Å². The summed E-state index contributed by atoms with van der Waals surface area (Å²) in [5.74, 6) is 0. The third kappa shape index (κ3) is 2.42. The molecule has 0 unspecified atom stereocenters. The topological polar surface area (TPSA) is 18.1 Å². The van der Waals surface area contributed by atoms with Crippen molar-refractivity contribution in [2.75, 3.05) is 0 Å². The van der Waals surface area contributed by atoms with Gasteiger partial charge in [-0.15, -0.1) is 11.3 Å². The predicted molar refractivity (Wildman–Crippen MR) is 167 cm³/mol. The number of hydrogen-bond donors (Lipinski definition) is 0. The summed E-state index contributed by atoms with van der Waals surface area (Å²) in [6.45, 7) is 0. The quantitative estimate of drug-likeness (QED) is 0.213. The molecular formula is C36H19NOS. The molecule has 180 valence electrons. The average Bonchev–Trinajstić information content (AvgIpc) is 3.64. The molecule has 10 rings (SSSR count). The minimum atomic E-state index is 0.941. The van der Waals surface area contributed by atoms with Crippen molar-refractivity contribution in [3.05, 3.63) is 115 Å². The lowest BCUT2D eigenvalue weighted by Crippen LogP contribution is -1.93. The van der Waals surface area contributed by atoms with Crippen LogP contribution < -0.4 is 0 Å². The largest absolute Gasteiger partial charge is 0.456 e. The van der Waals surface area contributed by atoms with E-state index in [2.05, 4.69) is 120 Å². The highest BCUT2D eigenvalue weighted by Gasteiger charge is 2.22. The van der Waals surface area contributed by atoms with Crippen LogP contribution in [0, 0.1) is 0 Å². The first-order valence-corrected chi connectivity index (χ1v) is 14.1. The Labute approximate surface area is 226 Å². The van der Waals surface area contributed by atoms with E-state index >= 15 is 0 Å². The number of aromatic nitrogens is 1. The van der Waals surface area contributed by atoms with Gasteiger partial charge in [0.25, 0.3) is 0 Å². The highest BCUT2D eigenvalue weighted by molar-refractivity contribution is 7.25. The number of fused-ring (bicyclic) bond motifs is 6. The molecule has 7 aromatic carbocycles. The SMILES string of the molecule is c1ccc2c(c1)sc1cc(-n3c4cccc5c6ccccc6c6cccc7oc8ccc3c(c8c76)c54)ccc12. The van der Waals surface area contributed by atoms with E-state index in [1.165, 1.54) is 80.0 Å². The van der Waals surface area contributed by atoms with Crippen LogP contribution in [0.3, 0.4) is 0 Å². The highest BCUT2D eigenvalue weighted by Crippen LogP contribution is 2.47. The van der Waals surface area contributed by atoms with E-state index in [1.54, 1.807) is 0 Å². The van der Waals surface area contributed by atoms with Gasteiger partial charge in [-0.3, -0.25) is 0 Å². The molecule has 0 spiro atoms. The molecule has 0 saturated heterocycles. The van der Waals surface area contributed by atoms with Crippen molar-refractivity contribution < 1.29 is 4.42 Å². The lowest BCUT2D eigenvalue weighted by molar-refractivity contribution is 0.669. The summed E-state index contributed by atoms with van der Waals surface area (Å²) in [4.78, 5) is 0. The molecule has 2 nitrogen and oxygen atoms in total. The number of nitrogens with zero attached hydrogens (tertiary/aromatic N) is 1. The molecule has 0 atom stereocenters. The molecule has 0 aliphatic rings.